The quantitative estimate of drug-likeness (QED) is 0.498. The van der Waals surface area contributed by atoms with Gasteiger partial charge in [0.25, 0.3) is 0 Å². The number of hydrogen-bond donors (Lipinski definition) is 1. The van der Waals surface area contributed by atoms with E-state index in [0.717, 1.165) is 6.42 Å². The summed E-state index contributed by atoms with van der Waals surface area (Å²) in [5.41, 5.74) is 5.44. The van der Waals surface area contributed by atoms with Gasteiger partial charge in [0.2, 0.25) is 0 Å². The molecule has 7 heteroatoms. The average Bonchev–Trinajstić information content (AvgIpc) is 2.17. The number of rotatable bonds is 9. The van der Waals surface area contributed by atoms with Gasteiger partial charge in [-0.15, -0.1) is 0 Å². The molecule has 0 aliphatic rings. The predicted octanol–water partition coefficient (Wildman–Crippen LogP) is 1.66. The molecule has 0 radical (unpaired) electrons. The predicted molar refractivity (Wildman–Crippen MR) is 50.9 cm³/mol. The van der Waals surface area contributed by atoms with Crippen molar-refractivity contribution in [2.24, 2.45) is 5.73 Å². The molecule has 2 N–H and O–H groups in total. The summed E-state index contributed by atoms with van der Waals surface area (Å²) in [5, 5.41) is 0. The van der Waals surface area contributed by atoms with Crippen LogP contribution in [0.5, 0.6) is 0 Å². The van der Waals surface area contributed by atoms with Gasteiger partial charge in [-0.1, -0.05) is 6.92 Å². The third-order valence-electron chi connectivity index (χ3n) is 1.63. The van der Waals surface area contributed by atoms with E-state index < -0.39 is 25.0 Å². The number of alkyl halides is 4. The maximum atomic E-state index is 12.4. The minimum atomic E-state index is -4.12. The van der Waals surface area contributed by atoms with Gasteiger partial charge in [-0.2, -0.15) is 8.78 Å². The van der Waals surface area contributed by atoms with Crippen molar-refractivity contribution in [3.05, 3.63) is 0 Å². The molecule has 1 unspecified atom stereocenters. The van der Waals surface area contributed by atoms with E-state index in [1.807, 2.05) is 6.92 Å². The third-order valence-corrected chi connectivity index (χ3v) is 1.63. The first kappa shape index (κ1) is 15.6. The third kappa shape index (κ3) is 6.97. The second-order valence-electron chi connectivity index (χ2n) is 3.41. The molecule has 0 spiro atoms. The smallest absolute Gasteiger partial charge is 0.330 e. The lowest BCUT2D eigenvalue weighted by Gasteiger charge is -2.17. The second-order valence-corrected chi connectivity index (χ2v) is 3.41. The first-order chi connectivity index (χ1) is 7.40. The lowest BCUT2D eigenvalue weighted by atomic mass is 10.3. The molecule has 1 atom stereocenters. The van der Waals surface area contributed by atoms with E-state index in [2.05, 4.69) is 4.74 Å². The fourth-order valence-corrected chi connectivity index (χ4v) is 0.837. The molecular weight excluding hydrogens is 230 g/mol. The Morgan fingerprint density at radius 1 is 1.19 bits per heavy atom. The maximum Gasteiger partial charge on any atom is 0.330 e. The van der Waals surface area contributed by atoms with Crippen molar-refractivity contribution < 1.29 is 27.0 Å². The van der Waals surface area contributed by atoms with Crippen LogP contribution in [0.15, 0.2) is 0 Å². The molecule has 3 nitrogen and oxygen atoms in total. The van der Waals surface area contributed by atoms with Crippen molar-refractivity contribution in [2.75, 3.05) is 26.4 Å². The molecule has 0 fully saturated rings. The van der Waals surface area contributed by atoms with Crippen molar-refractivity contribution >= 4 is 0 Å². The summed E-state index contributed by atoms with van der Waals surface area (Å²) in [6.07, 6.45) is -2.91. The number of ether oxygens (including phenoxy) is 2. The van der Waals surface area contributed by atoms with E-state index in [1.54, 1.807) is 0 Å². The van der Waals surface area contributed by atoms with E-state index in [-0.39, 0.29) is 13.2 Å². The lowest BCUT2D eigenvalue weighted by molar-refractivity contribution is -0.167. The van der Waals surface area contributed by atoms with Gasteiger partial charge in [0.15, 0.2) is 0 Å². The summed E-state index contributed by atoms with van der Waals surface area (Å²) >= 11 is 0. The monoisotopic (exact) mass is 247 g/mol. The lowest BCUT2D eigenvalue weighted by Crippen LogP contribution is -2.37. The van der Waals surface area contributed by atoms with Crippen LogP contribution < -0.4 is 5.73 Å². The van der Waals surface area contributed by atoms with Crippen LogP contribution in [0.1, 0.15) is 13.3 Å². The van der Waals surface area contributed by atoms with Crippen LogP contribution in [0.4, 0.5) is 17.6 Å². The Morgan fingerprint density at radius 2 is 1.75 bits per heavy atom. The molecule has 0 heterocycles. The Morgan fingerprint density at radius 3 is 2.25 bits per heavy atom. The Kier molecular flexibility index (Phi) is 7.61. The summed E-state index contributed by atoms with van der Waals surface area (Å²) in [4.78, 5) is 0. The molecule has 98 valence electrons. The molecule has 0 aliphatic carbocycles. The van der Waals surface area contributed by atoms with E-state index in [1.165, 1.54) is 0 Å². The van der Waals surface area contributed by atoms with Crippen molar-refractivity contribution in [2.45, 2.75) is 31.7 Å². The molecule has 0 aliphatic heterocycles. The van der Waals surface area contributed by atoms with Crippen LogP contribution in [0, 0.1) is 0 Å². The summed E-state index contributed by atoms with van der Waals surface area (Å²) in [6.45, 7) is 1.03. The normalized spacial score (nSPS) is 14.4. The number of halogens is 4. The largest absolute Gasteiger partial charge is 0.380 e. The second kappa shape index (κ2) is 7.81. The summed E-state index contributed by atoms with van der Waals surface area (Å²) in [7, 11) is 0. The van der Waals surface area contributed by atoms with Gasteiger partial charge >= 0.3 is 12.3 Å². The molecule has 0 saturated heterocycles. The maximum absolute atomic E-state index is 12.4. The van der Waals surface area contributed by atoms with Gasteiger partial charge in [-0.25, -0.2) is 8.78 Å². The van der Waals surface area contributed by atoms with E-state index in [4.69, 9.17) is 10.5 Å². The van der Waals surface area contributed by atoms with Crippen molar-refractivity contribution in [1.29, 1.82) is 0 Å². The van der Waals surface area contributed by atoms with Crippen LogP contribution in [0.25, 0.3) is 0 Å². The molecule has 0 rings (SSSR count). The van der Waals surface area contributed by atoms with Crippen molar-refractivity contribution in [1.82, 2.24) is 0 Å². The molecule has 16 heavy (non-hydrogen) atoms. The van der Waals surface area contributed by atoms with Crippen LogP contribution in [0.2, 0.25) is 0 Å². The van der Waals surface area contributed by atoms with Crippen LogP contribution >= 0.6 is 0 Å². The highest BCUT2D eigenvalue weighted by molar-refractivity contribution is 4.68. The van der Waals surface area contributed by atoms with Gasteiger partial charge < -0.3 is 15.2 Å². The van der Waals surface area contributed by atoms with E-state index in [9.17, 15) is 17.6 Å². The van der Waals surface area contributed by atoms with Crippen molar-refractivity contribution in [3.8, 4) is 0 Å². The molecule has 0 aromatic heterocycles. The fraction of sp³-hybridized carbons (Fsp3) is 1.00. The zero-order valence-electron chi connectivity index (χ0n) is 9.10. The van der Waals surface area contributed by atoms with Crippen LogP contribution in [-0.2, 0) is 9.47 Å². The Balaban J connectivity index is 3.57. The SMILES string of the molecule is CCCOCC(N)COCC(F)(F)C(F)F. The molecular formula is C9H17F4NO2. The van der Waals surface area contributed by atoms with Gasteiger partial charge in [0.05, 0.1) is 19.3 Å². The molecule has 0 saturated carbocycles. The summed E-state index contributed by atoms with van der Waals surface area (Å²) < 4.78 is 57.6. The Labute approximate surface area is 91.9 Å². The summed E-state index contributed by atoms with van der Waals surface area (Å²) in [6, 6.07) is -0.583. The minimum Gasteiger partial charge on any atom is -0.380 e. The highest BCUT2D eigenvalue weighted by atomic mass is 19.3. The summed E-state index contributed by atoms with van der Waals surface area (Å²) in [5.74, 6) is -4.12. The van der Waals surface area contributed by atoms with Gasteiger partial charge in [0, 0.05) is 6.61 Å². The first-order valence-electron chi connectivity index (χ1n) is 4.97. The highest BCUT2D eigenvalue weighted by Crippen LogP contribution is 2.22. The Bertz CT molecular complexity index is 181. The van der Waals surface area contributed by atoms with Crippen molar-refractivity contribution in [3.63, 3.8) is 0 Å². The minimum absolute atomic E-state index is 0.161. The fourth-order valence-electron chi connectivity index (χ4n) is 0.837. The van der Waals surface area contributed by atoms with Gasteiger partial charge in [-0.3, -0.25) is 0 Å². The molecule has 0 bridgehead atoms. The van der Waals surface area contributed by atoms with E-state index >= 15 is 0 Å². The molecule has 0 amide bonds. The number of hydrogen-bond acceptors (Lipinski definition) is 3. The van der Waals surface area contributed by atoms with Gasteiger partial charge in [0.1, 0.15) is 6.61 Å². The van der Waals surface area contributed by atoms with Gasteiger partial charge in [-0.05, 0) is 6.42 Å². The standard InChI is InChI=1S/C9H17F4NO2/c1-2-3-15-4-7(14)5-16-6-9(12,13)8(10)11/h7-8H,2-6,14H2,1H3. The topological polar surface area (TPSA) is 44.5 Å². The number of nitrogens with two attached hydrogens (primary N) is 1. The first-order valence-corrected chi connectivity index (χ1v) is 4.97. The Hall–Kier alpha value is -0.400. The zero-order valence-corrected chi connectivity index (χ0v) is 9.10. The molecule has 0 aromatic carbocycles. The van der Waals surface area contributed by atoms with E-state index in [0.29, 0.717) is 6.61 Å². The van der Waals surface area contributed by atoms with Crippen LogP contribution in [-0.4, -0.2) is 44.8 Å². The highest BCUT2D eigenvalue weighted by Gasteiger charge is 2.40. The average molecular weight is 247 g/mol. The van der Waals surface area contributed by atoms with Crippen LogP contribution in [0.3, 0.4) is 0 Å². The molecule has 0 aromatic rings. The zero-order chi connectivity index (χ0) is 12.6.